The summed E-state index contributed by atoms with van der Waals surface area (Å²) in [6.45, 7) is 8.71. The van der Waals surface area contributed by atoms with Crippen molar-refractivity contribution in [1.29, 1.82) is 0 Å². The second-order valence-corrected chi connectivity index (χ2v) is 9.45. The van der Waals surface area contributed by atoms with Gasteiger partial charge in [0.2, 0.25) is 0 Å². The summed E-state index contributed by atoms with van der Waals surface area (Å²) in [6, 6.07) is 9.14. The maximum atomic E-state index is 12.7. The van der Waals surface area contributed by atoms with Gasteiger partial charge in [0.15, 0.2) is 0 Å². The molecule has 0 spiro atoms. The molecule has 1 amide bonds. The van der Waals surface area contributed by atoms with E-state index in [4.69, 9.17) is 0 Å². The Morgan fingerprint density at radius 1 is 1.03 bits per heavy atom. The maximum absolute atomic E-state index is 12.7. The number of piperazine rings is 1. The van der Waals surface area contributed by atoms with Crippen LogP contribution in [-0.2, 0) is 25.6 Å². The molecule has 0 radical (unpaired) electrons. The van der Waals surface area contributed by atoms with E-state index in [1.807, 2.05) is 18.3 Å². The van der Waals surface area contributed by atoms with Crippen molar-refractivity contribution in [1.82, 2.24) is 14.8 Å². The number of carboxylic acid groups (broad SMARTS) is 1. The summed E-state index contributed by atoms with van der Waals surface area (Å²) in [6.07, 6.45) is -2.09. The first-order chi connectivity index (χ1) is 14.9. The van der Waals surface area contributed by atoms with E-state index in [9.17, 15) is 23.1 Å². The first-order valence-corrected chi connectivity index (χ1v) is 10.8. The van der Waals surface area contributed by atoms with Gasteiger partial charge in [0.05, 0.1) is 11.6 Å². The predicted molar refractivity (Wildman–Crippen MR) is 116 cm³/mol. The highest BCUT2D eigenvalue weighted by atomic mass is 19.4. The zero-order valence-corrected chi connectivity index (χ0v) is 18.7. The van der Waals surface area contributed by atoms with Crippen LogP contribution in [0.15, 0.2) is 42.6 Å². The molecule has 0 aliphatic carbocycles. The monoisotopic (exact) mass is 449 g/mol. The molecule has 1 aliphatic heterocycles. The number of aromatic nitrogens is 1. The molecule has 1 saturated heterocycles. The number of carbonyl (C=O) groups is 1. The predicted octanol–water partition coefficient (Wildman–Crippen LogP) is 5.10. The quantitative estimate of drug-likeness (QED) is 0.690. The number of amides is 1. The van der Waals surface area contributed by atoms with Gasteiger partial charge in [-0.15, -0.1) is 0 Å². The topological polar surface area (TPSA) is 56.7 Å². The Bertz CT molecular complexity index is 906. The van der Waals surface area contributed by atoms with Gasteiger partial charge in [0.25, 0.3) is 0 Å². The van der Waals surface area contributed by atoms with E-state index in [1.54, 1.807) is 4.90 Å². The molecule has 1 fully saturated rings. The van der Waals surface area contributed by atoms with Crippen LogP contribution < -0.4 is 0 Å². The molecule has 5 nitrogen and oxygen atoms in total. The summed E-state index contributed by atoms with van der Waals surface area (Å²) < 4.78 is 38.0. The fraction of sp³-hybridized carbons (Fsp3) is 0.500. The Morgan fingerprint density at radius 3 is 2.22 bits per heavy atom. The number of nitrogens with zero attached hydrogens (tertiary/aromatic N) is 3. The van der Waals surface area contributed by atoms with E-state index >= 15 is 0 Å². The number of hydrogen-bond donors (Lipinski definition) is 1. The zero-order valence-electron chi connectivity index (χ0n) is 18.7. The molecule has 0 saturated carbocycles. The average molecular weight is 450 g/mol. The smallest absolute Gasteiger partial charge is 0.416 e. The third kappa shape index (κ3) is 6.22. The van der Waals surface area contributed by atoms with Crippen molar-refractivity contribution in [3.63, 3.8) is 0 Å². The van der Waals surface area contributed by atoms with E-state index in [0.717, 1.165) is 29.0 Å². The number of halogens is 3. The largest absolute Gasteiger partial charge is 0.465 e. The van der Waals surface area contributed by atoms with Crippen molar-refractivity contribution >= 4 is 6.09 Å². The summed E-state index contributed by atoms with van der Waals surface area (Å²) in [7, 11) is 0. The van der Waals surface area contributed by atoms with Crippen LogP contribution in [0.3, 0.4) is 0 Å². The molecule has 1 aliphatic rings. The Balaban J connectivity index is 1.55. The lowest BCUT2D eigenvalue weighted by Gasteiger charge is -2.46. The number of aryl methyl sites for hydroxylation is 2. The minimum Gasteiger partial charge on any atom is -0.465 e. The van der Waals surface area contributed by atoms with Crippen LogP contribution in [0.1, 0.15) is 43.2 Å². The molecule has 1 unspecified atom stereocenters. The van der Waals surface area contributed by atoms with Crippen LogP contribution in [0.4, 0.5) is 18.0 Å². The molecule has 3 rings (SSSR count). The summed E-state index contributed by atoms with van der Waals surface area (Å²) in [5, 5.41) is 9.51. The highest BCUT2D eigenvalue weighted by Gasteiger charge is 2.37. The first-order valence-electron chi connectivity index (χ1n) is 10.8. The molecule has 2 heterocycles. The Morgan fingerprint density at radius 2 is 1.69 bits per heavy atom. The van der Waals surface area contributed by atoms with Crippen molar-refractivity contribution in [3.8, 4) is 0 Å². The number of benzene rings is 1. The van der Waals surface area contributed by atoms with Crippen LogP contribution in [-0.4, -0.2) is 51.7 Å². The molecule has 0 bridgehead atoms. The SMILES string of the molecule is CC(C)(C)C1CN(Cc2ccc(CCc3ccc(C(F)(F)F)cc3)nc2)CCN1C(=O)O. The molecule has 1 N–H and O–H groups in total. The second-order valence-electron chi connectivity index (χ2n) is 9.45. The normalized spacial score (nSPS) is 18.1. The number of hydrogen-bond acceptors (Lipinski definition) is 3. The van der Waals surface area contributed by atoms with Gasteiger partial charge in [0.1, 0.15) is 0 Å². The molecule has 8 heteroatoms. The van der Waals surface area contributed by atoms with Crippen molar-refractivity contribution in [2.24, 2.45) is 5.41 Å². The number of pyridine rings is 1. The molecule has 1 aromatic heterocycles. The van der Waals surface area contributed by atoms with Crippen molar-refractivity contribution in [2.45, 2.75) is 52.4 Å². The fourth-order valence-electron chi connectivity index (χ4n) is 4.04. The van der Waals surface area contributed by atoms with E-state index in [2.05, 4.69) is 30.7 Å². The van der Waals surface area contributed by atoms with Crippen molar-refractivity contribution in [3.05, 3.63) is 65.0 Å². The first kappa shape index (κ1) is 24.0. The van der Waals surface area contributed by atoms with Gasteiger partial charge in [-0.05, 0) is 47.6 Å². The van der Waals surface area contributed by atoms with Crippen LogP contribution in [0, 0.1) is 5.41 Å². The van der Waals surface area contributed by atoms with E-state index < -0.39 is 17.8 Å². The van der Waals surface area contributed by atoms with Gasteiger partial charge in [0, 0.05) is 38.1 Å². The second kappa shape index (κ2) is 9.48. The standard InChI is InChI=1S/C24H30F3N3O2/c1-23(2,3)21-16-29(12-13-30(21)22(31)32)15-18-7-11-20(28-14-18)10-6-17-4-8-19(9-5-17)24(25,26)27/h4-5,7-9,11,14,21H,6,10,12-13,15-16H2,1-3H3,(H,31,32). The minimum absolute atomic E-state index is 0.0790. The summed E-state index contributed by atoms with van der Waals surface area (Å²) in [5.74, 6) is 0. The van der Waals surface area contributed by atoms with Crippen LogP contribution in [0.25, 0.3) is 0 Å². The molecule has 1 aromatic carbocycles. The molecule has 174 valence electrons. The van der Waals surface area contributed by atoms with Crippen LogP contribution in [0.5, 0.6) is 0 Å². The van der Waals surface area contributed by atoms with Crippen molar-refractivity contribution in [2.75, 3.05) is 19.6 Å². The number of alkyl halides is 3. The minimum atomic E-state index is -4.32. The van der Waals surface area contributed by atoms with E-state index in [-0.39, 0.29) is 11.5 Å². The highest BCUT2D eigenvalue weighted by Crippen LogP contribution is 2.30. The fourth-order valence-corrected chi connectivity index (χ4v) is 4.04. The summed E-state index contributed by atoms with van der Waals surface area (Å²) in [4.78, 5) is 19.9. The average Bonchev–Trinajstić information content (AvgIpc) is 2.72. The molecular formula is C24H30F3N3O2. The number of rotatable bonds is 5. The van der Waals surface area contributed by atoms with E-state index in [0.29, 0.717) is 39.0 Å². The Kier molecular flexibility index (Phi) is 7.12. The lowest BCUT2D eigenvalue weighted by atomic mass is 9.84. The summed E-state index contributed by atoms with van der Waals surface area (Å²) >= 11 is 0. The van der Waals surface area contributed by atoms with Crippen LogP contribution in [0.2, 0.25) is 0 Å². The molecule has 1 atom stereocenters. The van der Waals surface area contributed by atoms with Gasteiger partial charge in [-0.1, -0.05) is 39.0 Å². The molecule has 2 aromatic rings. The Labute approximate surface area is 186 Å². The highest BCUT2D eigenvalue weighted by molar-refractivity contribution is 5.65. The maximum Gasteiger partial charge on any atom is 0.416 e. The van der Waals surface area contributed by atoms with Gasteiger partial charge in [-0.3, -0.25) is 9.88 Å². The van der Waals surface area contributed by atoms with Gasteiger partial charge >= 0.3 is 12.3 Å². The third-order valence-electron chi connectivity index (χ3n) is 5.95. The lowest BCUT2D eigenvalue weighted by Crippen LogP contribution is -2.59. The molecule has 32 heavy (non-hydrogen) atoms. The Hall–Kier alpha value is -2.61. The van der Waals surface area contributed by atoms with Crippen LogP contribution >= 0.6 is 0 Å². The third-order valence-corrected chi connectivity index (χ3v) is 5.95. The van der Waals surface area contributed by atoms with Gasteiger partial charge in [-0.25, -0.2) is 4.79 Å². The van der Waals surface area contributed by atoms with Gasteiger partial charge in [-0.2, -0.15) is 13.2 Å². The molecular weight excluding hydrogens is 419 g/mol. The summed E-state index contributed by atoms with van der Waals surface area (Å²) in [5.41, 5.74) is 1.99. The lowest BCUT2D eigenvalue weighted by molar-refractivity contribution is -0.137. The van der Waals surface area contributed by atoms with E-state index in [1.165, 1.54) is 12.1 Å². The van der Waals surface area contributed by atoms with Crippen molar-refractivity contribution < 1.29 is 23.1 Å². The van der Waals surface area contributed by atoms with Gasteiger partial charge < -0.3 is 10.0 Å². The zero-order chi connectivity index (χ0) is 23.5.